The topological polar surface area (TPSA) is 68.0 Å². The minimum absolute atomic E-state index is 0.0289. The lowest BCUT2D eigenvalue weighted by Crippen LogP contribution is -2.44. The van der Waals surface area contributed by atoms with E-state index in [1.54, 1.807) is 0 Å². The smallest absolute Gasteiger partial charge is 0.185 e. The van der Waals surface area contributed by atoms with Crippen LogP contribution in [0.25, 0.3) is 0 Å². The first kappa shape index (κ1) is 23.5. The normalized spacial score (nSPS) is 24.0. The average molecular weight is 447 g/mol. The van der Waals surface area contributed by atoms with E-state index in [0.717, 1.165) is 23.2 Å². The summed E-state index contributed by atoms with van der Waals surface area (Å²) in [5, 5.41) is 9.43. The molecule has 0 radical (unpaired) electrons. The molecule has 3 N–H and O–H groups in total. The van der Waals surface area contributed by atoms with Crippen LogP contribution >= 0.6 is 0 Å². The lowest BCUT2D eigenvalue weighted by Gasteiger charge is -2.43. The van der Waals surface area contributed by atoms with Gasteiger partial charge < -0.3 is 20.3 Å². The van der Waals surface area contributed by atoms with E-state index in [2.05, 4.69) is 50.1 Å². The molecule has 5 heteroatoms. The largest absolute Gasteiger partial charge is 0.399 e. The maximum atomic E-state index is 9.43. The van der Waals surface area contributed by atoms with Crippen molar-refractivity contribution < 1.29 is 14.6 Å². The third-order valence-electron chi connectivity index (χ3n) is 6.72. The third kappa shape index (κ3) is 5.45. The number of hydrogen-bond donors (Lipinski definition) is 2. The molecule has 174 valence electrons. The fourth-order valence-corrected chi connectivity index (χ4v) is 4.46. The van der Waals surface area contributed by atoms with Crippen LogP contribution in [-0.2, 0) is 16.1 Å². The number of likely N-dealkylation sites (N-methyl/N-ethyl adjacent to an activating group) is 1. The lowest BCUT2D eigenvalue weighted by molar-refractivity contribution is -0.276. The van der Waals surface area contributed by atoms with Gasteiger partial charge in [-0.3, -0.25) is 4.90 Å². The maximum Gasteiger partial charge on any atom is 0.185 e. The van der Waals surface area contributed by atoms with Gasteiger partial charge in [-0.05, 0) is 42.8 Å². The minimum atomic E-state index is -0.502. The number of benzene rings is 3. The van der Waals surface area contributed by atoms with Crippen molar-refractivity contribution in [1.82, 2.24) is 4.90 Å². The van der Waals surface area contributed by atoms with Crippen LogP contribution < -0.4 is 5.73 Å². The summed E-state index contributed by atoms with van der Waals surface area (Å²) in [5.74, 6) is 0.132. The summed E-state index contributed by atoms with van der Waals surface area (Å²) < 4.78 is 13.0. The first-order valence-electron chi connectivity index (χ1n) is 11.6. The Labute approximate surface area is 196 Å². The second-order valence-electron chi connectivity index (χ2n) is 9.02. The van der Waals surface area contributed by atoms with E-state index in [9.17, 15) is 5.11 Å². The van der Waals surface area contributed by atoms with Crippen LogP contribution in [-0.4, -0.2) is 29.7 Å². The van der Waals surface area contributed by atoms with Crippen molar-refractivity contribution in [1.29, 1.82) is 0 Å². The molecule has 1 aliphatic heterocycles. The standard InChI is InChI=1S/C28H34N2O3/c1-19-26(17-30(3)20(2)22-8-5-4-6-9-22)32-28(24-10-7-11-25(29)16-24)33-27(19)23-14-12-21(18-31)13-15-23/h4-16,19-20,26-28,31H,17-18,29H2,1-3H3. The van der Waals surface area contributed by atoms with Crippen molar-refractivity contribution in [2.45, 2.75) is 45.0 Å². The molecule has 1 saturated heterocycles. The highest BCUT2D eigenvalue weighted by molar-refractivity contribution is 5.41. The van der Waals surface area contributed by atoms with Crippen LogP contribution in [0.2, 0.25) is 0 Å². The molecule has 5 atom stereocenters. The Morgan fingerprint density at radius 2 is 1.67 bits per heavy atom. The van der Waals surface area contributed by atoms with E-state index in [4.69, 9.17) is 15.2 Å². The molecule has 0 spiro atoms. The molecule has 0 aliphatic carbocycles. The van der Waals surface area contributed by atoms with Gasteiger partial charge in [0.2, 0.25) is 0 Å². The van der Waals surface area contributed by atoms with E-state index in [-0.39, 0.29) is 30.8 Å². The Balaban J connectivity index is 1.59. The fourth-order valence-electron chi connectivity index (χ4n) is 4.46. The van der Waals surface area contributed by atoms with Crippen molar-refractivity contribution >= 4 is 5.69 Å². The van der Waals surface area contributed by atoms with Crippen molar-refractivity contribution in [3.63, 3.8) is 0 Å². The minimum Gasteiger partial charge on any atom is -0.399 e. The van der Waals surface area contributed by atoms with Crippen molar-refractivity contribution in [3.05, 3.63) is 101 Å². The first-order valence-corrected chi connectivity index (χ1v) is 11.6. The zero-order valence-electron chi connectivity index (χ0n) is 19.6. The Morgan fingerprint density at radius 3 is 2.33 bits per heavy atom. The Bertz CT molecular complexity index is 1020. The van der Waals surface area contributed by atoms with E-state index in [1.807, 2.05) is 54.6 Å². The number of anilines is 1. The predicted molar refractivity (Wildman–Crippen MR) is 131 cm³/mol. The zero-order chi connectivity index (χ0) is 23.4. The number of nitrogens with zero attached hydrogens (tertiary/aromatic N) is 1. The van der Waals surface area contributed by atoms with Crippen molar-refractivity contribution in [3.8, 4) is 0 Å². The van der Waals surface area contributed by atoms with Gasteiger partial charge in [0.25, 0.3) is 0 Å². The molecule has 5 unspecified atom stereocenters. The van der Waals surface area contributed by atoms with Crippen molar-refractivity contribution in [2.75, 3.05) is 19.3 Å². The van der Waals surface area contributed by atoms with Crippen LogP contribution in [0.1, 0.15) is 54.5 Å². The van der Waals surface area contributed by atoms with E-state index in [1.165, 1.54) is 5.56 Å². The van der Waals surface area contributed by atoms with Crippen LogP contribution in [0.4, 0.5) is 5.69 Å². The molecule has 0 saturated carbocycles. The molecular formula is C28H34N2O3. The SMILES string of the molecule is CC1C(CN(C)C(C)c2ccccc2)OC(c2cccc(N)c2)OC1c1ccc(CO)cc1. The second kappa shape index (κ2) is 10.5. The van der Waals surface area contributed by atoms with Crippen LogP contribution in [0, 0.1) is 5.92 Å². The third-order valence-corrected chi connectivity index (χ3v) is 6.72. The van der Waals surface area contributed by atoms with Gasteiger partial charge in [0.15, 0.2) is 6.29 Å². The Kier molecular flexibility index (Phi) is 7.46. The highest BCUT2D eigenvalue weighted by atomic mass is 16.7. The molecule has 3 aromatic carbocycles. The second-order valence-corrected chi connectivity index (χ2v) is 9.02. The Morgan fingerprint density at radius 1 is 0.939 bits per heavy atom. The highest BCUT2D eigenvalue weighted by Crippen LogP contribution is 2.42. The number of aliphatic hydroxyl groups excluding tert-OH is 1. The lowest BCUT2D eigenvalue weighted by atomic mass is 9.89. The molecule has 1 aliphatic rings. The van der Waals surface area contributed by atoms with E-state index >= 15 is 0 Å². The Hall–Kier alpha value is -2.70. The van der Waals surface area contributed by atoms with Gasteiger partial charge in [0, 0.05) is 29.8 Å². The zero-order valence-corrected chi connectivity index (χ0v) is 19.6. The summed E-state index contributed by atoms with van der Waals surface area (Å²) in [7, 11) is 2.14. The van der Waals surface area contributed by atoms with Crippen LogP contribution in [0.15, 0.2) is 78.9 Å². The number of nitrogen functional groups attached to an aromatic ring is 1. The summed E-state index contributed by atoms with van der Waals surface area (Å²) >= 11 is 0. The average Bonchev–Trinajstić information content (AvgIpc) is 2.85. The van der Waals surface area contributed by atoms with Gasteiger partial charge in [0.05, 0.1) is 18.8 Å². The van der Waals surface area contributed by atoms with Gasteiger partial charge in [0.1, 0.15) is 0 Å². The first-order chi connectivity index (χ1) is 16.0. The monoisotopic (exact) mass is 446 g/mol. The van der Waals surface area contributed by atoms with Gasteiger partial charge in [-0.1, -0.05) is 73.7 Å². The number of hydrogen-bond acceptors (Lipinski definition) is 5. The summed E-state index contributed by atoms with van der Waals surface area (Å²) in [6, 6.07) is 26.5. The molecule has 4 rings (SSSR count). The number of nitrogens with two attached hydrogens (primary N) is 1. The molecule has 3 aromatic rings. The molecule has 1 fully saturated rings. The number of ether oxygens (including phenoxy) is 2. The van der Waals surface area contributed by atoms with Gasteiger partial charge in [-0.25, -0.2) is 0 Å². The quantitative estimate of drug-likeness (QED) is 0.486. The number of aliphatic hydroxyl groups is 1. The van der Waals surface area contributed by atoms with E-state index < -0.39 is 6.29 Å². The van der Waals surface area contributed by atoms with Crippen LogP contribution in [0.3, 0.4) is 0 Å². The number of rotatable bonds is 7. The fraction of sp³-hybridized carbons (Fsp3) is 0.357. The van der Waals surface area contributed by atoms with Crippen molar-refractivity contribution in [2.24, 2.45) is 5.92 Å². The van der Waals surface area contributed by atoms with E-state index in [0.29, 0.717) is 5.69 Å². The molecule has 0 amide bonds. The molecular weight excluding hydrogens is 412 g/mol. The summed E-state index contributed by atoms with van der Waals surface area (Å²) in [6.45, 7) is 5.21. The van der Waals surface area contributed by atoms with Crippen LogP contribution in [0.5, 0.6) is 0 Å². The molecule has 1 heterocycles. The van der Waals surface area contributed by atoms with Gasteiger partial charge >= 0.3 is 0 Å². The summed E-state index contributed by atoms with van der Waals surface area (Å²) in [4.78, 5) is 2.34. The van der Waals surface area contributed by atoms with Gasteiger partial charge in [-0.15, -0.1) is 0 Å². The molecule has 0 bridgehead atoms. The molecule has 5 nitrogen and oxygen atoms in total. The molecule has 0 aromatic heterocycles. The predicted octanol–water partition coefficient (Wildman–Crippen LogP) is 5.25. The maximum absolute atomic E-state index is 9.43. The summed E-state index contributed by atoms with van der Waals surface area (Å²) in [6.07, 6.45) is -0.676. The molecule has 33 heavy (non-hydrogen) atoms. The van der Waals surface area contributed by atoms with Gasteiger partial charge in [-0.2, -0.15) is 0 Å². The summed E-state index contributed by atoms with van der Waals surface area (Å²) in [5.41, 5.74) is 10.9. The highest BCUT2D eigenvalue weighted by Gasteiger charge is 2.39.